The predicted molar refractivity (Wildman–Crippen MR) is 121 cm³/mol. The molecule has 3 amide bonds. The summed E-state index contributed by atoms with van der Waals surface area (Å²) in [7, 11) is 0. The molecule has 170 valence electrons. The molecular weight excluding hydrogens is 510 g/mol. The van der Waals surface area contributed by atoms with Crippen molar-refractivity contribution in [3.8, 4) is 0 Å². The first-order chi connectivity index (χ1) is 14.9. The lowest BCUT2D eigenvalue weighted by Crippen LogP contribution is -2.22. The number of hydrogen-bond donors (Lipinski definition) is 3. The fourth-order valence-corrected chi connectivity index (χ4v) is 3.44. The van der Waals surface area contributed by atoms with Gasteiger partial charge in [-0.05, 0) is 43.7 Å². The number of hydrogen-bond acceptors (Lipinski definition) is 3. The zero-order chi connectivity index (χ0) is 23.8. The van der Waals surface area contributed by atoms with Gasteiger partial charge in [0.1, 0.15) is 21.2 Å². The van der Waals surface area contributed by atoms with Crippen molar-refractivity contribution < 1.29 is 23.2 Å². The molecule has 1 aliphatic carbocycles. The maximum Gasteiger partial charge on any atom is 0.257 e. The highest BCUT2D eigenvalue weighted by molar-refractivity contribution is 6.52. The van der Waals surface area contributed by atoms with Crippen LogP contribution in [0.1, 0.15) is 23.7 Å². The summed E-state index contributed by atoms with van der Waals surface area (Å²) in [6.07, 6.45) is 0.300. The third kappa shape index (κ3) is 5.43. The molecular formula is C20H15Cl4F2N3O3. The standard InChI is InChI=1S/C20H15Cl4F2N3O3/c1-8(21)17(30)29-16-13(25)4-5-14(15(16)26)28-18(31)10-6-9(2-3-12(10)22)27-19(32)11-7-20(11,23)24/h2-6,8,11H,7H2,1H3,(H,27,32)(H,28,31)(H,29,30). The Morgan fingerprint density at radius 1 is 1.09 bits per heavy atom. The molecule has 2 aromatic rings. The summed E-state index contributed by atoms with van der Waals surface area (Å²) >= 11 is 23.4. The molecule has 12 heteroatoms. The molecule has 2 aromatic carbocycles. The van der Waals surface area contributed by atoms with Gasteiger partial charge in [0.25, 0.3) is 5.91 Å². The van der Waals surface area contributed by atoms with Crippen LogP contribution in [0.4, 0.5) is 25.8 Å². The van der Waals surface area contributed by atoms with Crippen molar-refractivity contribution in [1.82, 2.24) is 0 Å². The summed E-state index contributed by atoms with van der Waals surface area (Å²) in [5.74, 6) is -4.94. The molecule has 0 bridgehead atoms. The van der Waals surface area contributed by atoms with Gasteiger partial charge in [0.05, 0.1) is 22.2 Å². The average Bonchev–Trinajstić information content (AvgIpc) is 3.36. The Labute approximate surface area is 201 Å². The Hall–Kier alpha value is -2.13. The van der Waals surface area contributed by atoms with Gasteiger partial charge in [0.2, 0.25) is 11.8 Å². The summed E-state index contributed by atoms with van der Waals surface area (Å²) in [5.41, 5.74) is -1.02. The monoisotopic (exact) mass is 523 g/mol. The van der Waals surface area contributed by atoms with E-state index in [2.05, 4.69) is 10.6 Å². The zero-order valence-electron chi connectivity index (χ0n) is 16.2. The average molecular weight is 525 g/mol. The van der Waals surface area contributed by atoms with Crippen molar-refractivity contribution in [3.63, 3.8) is 0 Å². The smallest absolute Gasteiger partial charge is 0.257 e. The molecule has 0 heterocycles. The lowest BCUT2D eigenvalue weighted by molar-refractivity contribution is -0.117. The number of nitrogens with one attached hydrogen (secondary N) is 3. The van der Waals surface area contributed by atoms with E-state index in [1.165, 1.54) is 25.1 Å². The van der Waals surface area contributed by atoms with E-state index in [1.807, 2.05) is 5.32 Å². The van der Waals surface area contributed by atoms with Crippen molar-refractivity contribution in [1.29, 1.82) is 0 Å². The second-order valence-electron chi connectivity index (χ2n) is 7.04. The molecule has 32 heavy (non-hydrogen) atoms. The van der Waals surface area contributed by atoms with Crippen LogP contribution in [0, 0.1) is 17.6 Å². The van der Waals surface area contributed by atoms with Crippen LogP contribution in [0.5, 0.6) is 0 Å². The van der Waals surface area contributed by atoms with Crippen LogP contribution in [0.25, 0.3) is 0 Å². The van der Waals surface area contributed by atoms with E-state index in [-0.39, 0.29) is 16.3 Å². The number of halogens is 6. The molecule has 0 aliphatic heterocycles. The normalized spacial score (nSPS) is 17.3. The Kier molecular flexibility index (Phi) is 7.19. The molecule has 2 unspecified atom stereocenters. The van der Waals surface area contributed by atoms with Crippen LogP contribution >= 0.6 is 46.4 Å². The molecule has 1 saturated carbocycles. The van der Waals surface area contributed by atoms with Gasteiger partial charge in [-0.25, -0.2) is 8.78 Å². The van der Waals surface area contributed by atoms with Gasteiger partial charge in [-0.15, -0.1) is 34.8 Å². The third-order valence-electron chi connectivity index (χ3n) is 4.57. The lowest BCUT2D eigenvalue weighted by atomic mass is 10.1. The topological polar surface area (TPSA) is 87.3 Å². The minimum Gasteiger partial charge on any atom is -0.326 e. The molecule has 3 N–H and O–H groups in total. The molecule has 1 fully saturated rings. The first-order valence-corrected chi connectivity index (χ1v) is 10.7. The summed E-state index contributed by atoms with van der Waals surface area (Å²) < 4.78 is 27.6. The van der Waals surface area contributed by atoms with Crippen molar-refractivity contribution >= 4 is 81.2 Å². The van der Waals surface area contributed by atoms with E-state index in [9.17, 15) is 23.2 Å². The zero-order valence-corrected chi connectivity index (χ0v) is 19.3. The summed E-state index contributed by atoms with van der Waals surface area (Å²) in [6.45, 7) is 1.33. The highest BCUT2D eigenvalue weighted by Gasteiger charge is 2.56. The number of benzene rings is 2. The SMILES string of the molecule is CC(Cl)C(=O)Nc1c(F)ccc(NC(=O)c2cc(NC(=O)C3CC3(Cl)Cl)ccc2Cl)c1F. The van der Waals surface area contributed by atoms with Crippen LogP contribution in [0.3, 0.4) is 0 Å². The van der Waals surface area contributed by atoms with Crippen LogP contribution in [-0.2, 0) is 9.59 Å². The number of rotatable bonds is 6. The molecule has 0 saturated heterocycles. The molecule has 6 nitrogen and oxygen atoms in total. The highest BCUT2D eigenvalue weighted by Crippen LogP contribution is 2.53. The van der Waals surface area contributed by atoms with Crippen LogP contribution < -0.4 is 16.0 Å². The maximum absolute atomic E-state index is 14.7. The number of alkyl halides is 3. The quantitative estimate of drug-likeness (QED) is 0.432. The number of carbonyl (C=O) groups is 3. The van der Waals surface area contributed by atoms with Gasteiger partial charge < -0.3 is 16.0 Å². The van der Waals surface area contributed by atoms with E-state index < -0.39 is 56.4 Å². The van der Waals surface area contributed by atoms with Crippen molar-refractivity contribution in [2.45, 2.75) is 23.1 Å². The molecule has 2 atom stereocenters. The fourth-order valence-electron chi connectivity index (χ4n) is 2.68. The maximum atomic E-state index is 14.7. The molecule has 3 rings (SSSR count). The first kappa shape index (κ1) is 24.5. The van der Waals surface area contributed by atoms with Gasteiger partial charge in [0.15, 0.2) is 5.82 Å². The van der Waals surface area contributed by atoms with Crippen LogP contribution in [-0.4, -0.2) is 27.4 Å². The van der Waals surface area contributed by atoms with E-state index in [0.717, 1.165) is 12.1 Å². The van der Waals surface area contributed by atoms with Crippen molar-refractivity contribution in [3.05, 3.63) is 52.6 Å². The van der Waals surface area contributed by atoms with E-state index >= 15 is 0 Å². The highest BCUT2D eigenvalue weighted by atomic mass is 35.5. The minimum atomic E-state index is -1.21. The van der Waals surface area contributed by atoms with Gasteiger partial charge in [0, 0.05) is 5.69 Å². The predicted octanol–water partition coefficient (Wildman–Crippen LogP) is 5.57. The third-order valence-corrected chi connectivity index (χ3v) is 5.93. The molecule has 0 spiro atoms. The second kappa shape index (κ2) is 9.39. The summed E-state index contributed by atoms with van der Waals surface area (Å²) in [4.78, 5) is 36.5. The van der Waals surface area contributed by atoms with E-state index in [4.69, 9.17) is 46.4 Å². The minimum absolute atomic E-state index is 0.0166. The Balaban J connectivity index is 1.80. The second-order valence-corrected chi connectivity index (χ2v) is 9.65. The number of amides is 3. The fraction of sp³-hybridized carbons (Fsp3) is 0.250. The molecule has 0 aromatic heterocycles. The largest absolute Gasteiger partial charge is 0.326 e. The lowest BCUT2D eigenvalue weighted by Gasteiger charge is -2.14. The first-order valence-electron chi connectivity index (χ1n) is 9.13. The Bertz CT molecular complexity index is 1110. The Morgan fingerprint density at radius 3 is 2.34 bits per heavy atom. The van der Waals surface area contributed by atoms with Gasteiger partial charge in [-0.1, -0.05) is 11.6 Å². The molecule has 0 radical (unpaired) electrons. The van der Waals surface area contributed by atoms with Gasteiger partial charge in [-0.2, -0.15) is 0 Å². The number of anilines is 3. The number of carbonyl (C=O) groups excluding carboxylic acids is 3. The van der Waals surface area contributed by atoms with Crippen molar-refractivity contribution in [2.24, 2.45) is 5.92 Å². The van der Waals surface area contributed by atoms with E-state index in [0.29, 0.717) is 6.42 Å². The van der Waals surface area contributed by atoms with Crippen molar-refractivity contribution in [2.75, 3.05) is 16.0 Å². The summed E-state index contributed by atoms with van der Waals surface area (Å²) in [6, 6.07) is 5.95. The van der Waals surface area contributed by atoms with E-state index in [1.54, 1.807) is 0 Å². The Morgan fingerprint density at radius 2 is 1.75 bits per heavy atom. The van der Waals surface area contributed by atoms with Crippen LogP contribution in [0.15, 0.2) is 30.3 Å². The van der Waals surface area contributed by atoms with Crippen LogP contribution in [0.2, 0.25) is 5.02 Å². The van der Waals surface area contributed by atoms with Gasteiger partial charge >= 0.3 is 0 Å². The summed E-state index contributed by atoms with van der Waals surface area (Å²) in [5, 5.41) is 5.84. The van der Waals surface area contributed by atoms with Gasteiger partial charge in [-0.3, -0.25) is 14.4 Å². The molecule has 1 aliphatic rings.